The topological polar surface area (TPSA) is 30.5 Å². The summed E-state index contributed by atoms with van der Waals surface area (Å²) in [7, 11) is 0. The highest BCUT2D eigenvalue weighted by atomic mass is 16.5. The second-order valence-electron chi connectivity index (χ2n) is 5.89. The summed E-state index contributed by atoms with van der Waals surface area (Å²) in [6, 6.07) is 0.653. The van der Waals surface area contributed by atoms with Crippen molar-refractivity contribution in [3.05, 3.63) is 0 Å². The van der Waals surface area contributed by atoms with Crippen molar-refractivity contribution in [3.8, 4) is 0 Å². The first-order valence-electron chi connectivity index (χ1n) is 7.13. The monoisotopic (exact) mass is 241 g/mol. The third-order valence-electron chi connectivity index (χ3n) is 4.33. The van der Waals surface area contributed by atoms with Gasteiger partial charge in [0.2, 0.25) is 0 Å². The van der Waals surface area contributed by atoms with Gasteiger partial charge in [0.1, 0.15) is 0 Å². The summed E-state index contributed by atoms with van der Waals surface area (Å²) in [6.07, 6.45) is 6.62. The van der Waals surface area contributed by atoms with Gasteiger partial charge in [0.05, 0.1) is 12.7 Å². The lowest BCUT2D eigenvalue weighted by molar-refractivity contribution is 0.0164. The summed E-state index contributed by atoms with van der Waals surface area (Å²) in [6.45, 7) is 8.32. The molecule has 2 aliphatic rings. The molecule has 1 aliphatic carbocycles. The maximum absolute atomic E-state index is 5.64. The van der Waals surface area contributed by atoms with Crippen LogP contribution in [0.25, 0.3) is 0 Å². The molecule has 3 heteroatoms. The molecule has 0 bridgehead atoms. The molecule has 0 amide bonds. The highest BCUT2D eigenvalue weighted by molar-refractivity contribution is 4.96. The fourth-order valence-electron chi connectivity index (χ4n) is 2.36. The quantitative estimate of drug-likeness (QED) is 0.662. The van der Waals surface area contributed by atoms with Gasteiger partial charge in [-0.15, -0.1) is 0 Å². The molecule has 17 heavy (non-hydrogen) atoms. The molecule has 1 saturated carbocycles. The van der Waals surface area contributed by atoms with Gasteiger partial charge in [-0.25, -0.2) is 0 Å². The first-order chi connectivity index (χ1) is 8.21. The van der Waals surface area contributed by atoms with Crippen LogP contribution in [0.15, 0.2) is 0 Å². The van der Waals surface area contributed by atoms with E-state index in [9.17, 15) is 0 Å². The van der Waals surface area contributed by atoms with E-state index in [4.69, 9.17) is 9.47 Å². The van der Waals surface area contributed by atoms with Crippen LogP contribution in [0.2, 0.25) is 0 Å². The van der Waals surface area contributed by atoms with Crippen molar-refractivity contribution in [3.63, 3.8) is 0 Å². The molecule has 0 aromatic rings. The Morgan fingerprint density at radius 3 is 2.94 bits per heavy atom. The molecule has 0 spiro atoms. The van der Waals surface area contributed by atoms with E-state index in [2.05, 4.69) is 19.2 Å². The van der Waals surface area contributed by atoms with E-state index in [0.29, 0.717) is 17.6 Å². The summed E-state index contributed by atoms with van der Waals surface area (Å²) in [5.41, 5.74) is 0.582. The van der Waals surface area contributed by atoms with E-state index >= 15 is 0 Å². The molecule has 0 aromatic carbocycles. The molecule has 1 heterocycles. The number of ether oxygens (including phenoxy) is 2. The summed E-state index contributed by atoms with van der Waals surface area (Å²) in [4.78, 5) is 0. The van der Waals surface area contributed by atoms with Crippen LogP contribution in [0, 0.1) is 5.41 Å². The zero-order valence-electron chi connectivity index (χ0n) is 11.3. The van der Waals surface area contributed by atoms with E-state index in [1.807, 2.05) is 0 Å². The van der Waals surface area contributed by atoms with Gasteiger partial charge in [-0.1, -0.05) is 6.92 Å². The smallest absolute Gasteiger partial charge is 0.0809 e. The molecule has 2 fully saturated rings. The van der Waals surface area contributed by atoms with E-state index in [1.54, 1.807) is 0 Å². The number of hydrogen-bond donors (Lipinski definition) is 1. The lowest BCUT2D eigenvalue weighted by Crippen LogP contribution is -2.34. The highest BCUT2D eigenvalue weighted by Gasteiger charge is 2.41. The summed E-state index contributed by atoms with van der Waals surface area (Å²) in [5.74, 6) is 0. The van der Waals surface area contributed by atoms with Gasteiger partial charge in [-0.2, -0.15) is 0 Å². The van der Waals surface area contributed by atoms with Crippen molar-refractivity contribution in [2.75, 3.05) is 26.4 Å². The molecule has 2 atom stereocenters. The second-order valence-corrected chi connectivity index (χ2v) is 5.89. The van der Waals surface area contributed by atoms with Crippen molar-refractivity contribution in [1.29, 1.82) is 0 Å². The number of nitrogens with one attached hydrogen (secondary N) is 1. The summed E-state index contributed by atoms with van der Waals surface area (Å²) in [5, 5.41) is 3.60. The minimum Gasteiger partial charge on any atom is -0.379 e. The molecule has 1 aliphatic heterocycles. The molecule has 100 valence electrons. The fraction of sp³-hybridized carbons (Fsp3) is 1.00. The highest BCUT2D eigenvalue weighted by Crippen LogP contribution is 2.47. The first-order valence-corrected chi connectivity index (χ1v) is 7.13. The van der Waals surface area contributed by atoms with Crippen LogP contribution in [-0.2, 0) is 9.47 Å². The van der Waals surface area contributed by atoms with Crippen molar-refractivity contribution in [2.24, 2.45) is 5.41 Å². The molecule has 3 nitrogen and oxygen atoms in total. The molecular formula is C14H27NO2. The number of hydrogen-bond acceptors (Lipinski definition) is 3. The Hall–Kier alpha value is -0.120. The van der Waals surface area contributed by atoms with Crippen LogP contribution in [0.5, 0.6) is 0 Å². The lowest BCUT2D eigenvalue weighted by atomic mass is 10.0. The largest absolute Gasteiger partial charge is 0.379 e. The Kier molecular flexibility index (Phi) is 4.83. The first kappa shape index (κ1) is 13.3. The molecule has 1 saturated heterocycles. The zero-order valence-corrected chi connectivity index (χ0v) is 11.3. The summed E-state index contributed by atoms with van der Waals surface area (Å²) >= 11 is 0. The Morgan fingerprint density at radius 1 is 1.47 bits per heavy atom. The second kappa shape index (κ2) is 6.17. The van der Waals surface area contributed by atoms with Gasteiger partial charge in [0, 0.05) is 19.3 Å². The van der Waals surface area contributed by atoms with E-state index < -0.39 is 0 Å². The van der Waals surface area contributed by atoms with Gasteiger partial charge >= 0.3 is 0 Å². The van der Waals surface area contributed by atoms with Crippen LogP contribution in [0.1, 0.15) is 46.0 Å². The molecule has 2 rings (SSSR count). The molecule has 2 unspecified atom stereocenters. The molecule has 0 aromatic heterocycles. The van der Waals surface area contributed by atoms with Crippen LogP contribution < -0.4 is 5.32 Å². The predicted molar refractivity (Wildman–Crippen MR) is 69.2 cm³/mol. The maximum Gasteiger partial charge on any atom is 0.0809 e. The maximum atomic E-state index is 5.64. The van der Waals surface area contributed by atoms with Crippen LogP contribution in [0.3, 0.4) is 0 Å². The molecular weight excluding hydrogens is 214 g/mol. The Balaban J connectivity index is 1.41. The average molecular weight is 241 g/mol. The lowest BCUT2D eigenvalue weighted by Gasteiger charge is -2.20. The Morgan fingerprint density at radius 2 is 2.29 bits per heavy atom. The third kappa shape index (κ3) is 4.23. The fourth-order valence-corrected chi connectivity index (χ4v) is 2.36. The SMILES string of the molecule is CC(NCCCOCC1CCCO1)C1(C)CC1. The summed E-state index contributed by atoms with van der Waals surface area (Å²) < 4.78 is 11.1. The van der Waals surface area contributed by atoms with Gasteiger partial charge in [-0.05, 0) is 51.0 Å². The average Bonchev–Trinajstić information content (AvgIpc) is 2.88. The van der Waals surface area contributed by atoms with E-state index in [-0.39, 0.29) is 0 Å². The van der Waals surface area contributed by atoms with Crippen LogP contribution in [-0.4, -0.2) is 38.5 Å². The third-order valence-corrected chi connectivity index (χ3v) is 4.33. The van der Waals surface area contributed by atoms with Crippen molar-refractivity contribution >= 4 is 0 Å². The Bertz CT molecular complexity index is 222. The standard InChI is InChI=1S/C14H27NO2/c1-12(14(2)6-7-14)15-8-4-9-16-11-13-5-3-10-17-13/h12-13,15H,3-11H2,1-2H3. The number of rotatable bonds is 8. The normalized spacial score (nSPS) is 28.2. The van der Waals surface area contributed by atoms with Crippen LogP contribution >= 0.6 is 0 Å². The van der Waals surface area contributed by atoms with Gasteiger partial charge in [0.25, 0.3) is 0 Å². The predicted octanol–water partition coefficient (Wildman–Crippen LogP) is 2.35. The molecule has 1 N–H and O–H groups in total. The minimum atomic E-state index is 0.368. The van der Waals surface area contributed by atoms with Gasteiger partial charge in [0.15, 0.2) is 0 Å². The van der Waals surface area contributed by atoms with Crippen molar-refractivity contribution < 1.29 is 9.47 Å². The van der Waals surface area contributed by atoms with Gasteiger partial charge in [-0.3, -0.25) is 0 Å². The Labute approximate surface area is 105 Å². The molecule has 0 radical (unpaired) electrons. The van der Waals surface area contributed by atoms with Crippen molar-refractivity contribution in [1.82, 2.24) is 5.32 Å². The van der Waals surface area contributed by atoms with Crippen molar-refractivity contribution in [2.45, 2.75) is 58.1 Å². The van der Waals surface area contributed by atoms with Gasteiger partial charge < -0.3 is 14.8 Å². The minimum absolute atomic E-state index is 0.368. The van der Waals surface area contributed by atoms with Crippen LogP contribution in [0.4, 0.5) is 0 Å². The zero-order chi connectivity index (χ0) is 12.1. The van der Waals surface area contributed by atoms with E-state index in [0.717, 1.165) is 32.8 Å². The van der Waals surface area contributed by atoms with E-state index in [1.165, 1.54) is 25.7 Å².